The van der Waals surface area contributed by atoms with E-state index in [0.29, 0.717) is 22.1 Å². The SMILES string of the molecule is Cc1sc(C(=O)N(C)CC(C)c2nn[nH]n2)cc1[N+](=O)[O-]. The van der Waals surface area contributed by atoms with Gasteiger partial charge in [0.2, 0.25) is 0 Å². The second kappa shape index (κ2) is 5.95. The Labute approximate surface area is 124 Å². The summed E-state index contributed by atoms with van der Waals surface area (Å²) in [6.07, 6.45) is 0. The number of nitro groups is 1. The Bertz CT molecular complexity index is 653. The summed E-state index contributed by atoms with van der Waals surface area (Å²) in [5, 5.41) is 24.4. The molecule has 0 aliphatic carbocycles. The molecule has 10 heteroatoms. The lowest BCUT2D eigenvalue weighted by Gasteiger charge is -2.18. The molecule has 2 aromatic heterocycles. The van der Waals surface area contributed by atoms with Gasteiger partial charge in [-0.2, -0.15) is 5.21 Å². The maximum absolute atomic E-state index is 12.3. The predicted molar refractivity (Wildman–Crippen MR) is 75.3 cm³/mol. The fourth-order valence-electron chi connectivity index (χ4n) is 1.90. The standard InChI is InChI=1S/C11H14N6O3S/c1-6(10-12-14-15-13-10)5-16(3)11(18)9-4-8(17(19)20)7(2)21-9/h4,6H,5H2,1-3H3,(H,12,13,14,15). The van der Waals surface area contributed by atoms with Crippen molar-refractivity contribution in [3.05, 3.63) is 31.8 Å². The molecule has 0 fully saturated rings. The van der Waals surface area contributed by atoms with Crippen LogP contribution < -0.4 is 0 Å². The minimum atomic E-state index is -0.482. The molecule has 0 aliphatic heterocycles. The fourth-order valence-corrected chi connectivity index (χ4v) is 2.88. The van der Waals surface area contributed by atoms with Crippen LogP contribution in [0.5, 0.6) is 0 Å². The number of nitrogens with one attached hydrogen (secondary N) is 1. The van der Waals surface area contributed by atoms with Gasteiger partial charge in [0.05, 0.1) is 14.7 Å². The minimum absolute atomic E-state index is 0.0250. The van der Waals surface area contributed by atoms with Crippen LogP contribution in [0.2, 0.25) is 0 Å². The maximum atomic E-state index is 12.3. The van der Waals surface area contributed by atoms with Gasteiger partial charge in [0.1, 0.15) is 0 Å². The Balaban J connectivity index is 2.09. The lowest BCUT2D eigenvalue weighted by Crippen LogP contribution is -2.30. The molecule has 2 aromatic rings. The van der Waals surface area contributed by atoms with E-state index in [1.54, 1.807) is 14.0 Å². The number of amides is 1. The number of carbonyl (C=O) groups is 1. The van der Waals surface area contributed by atoms with Crippen molar-refractivity contribution in [2.75, 3.05) is 13.6 Å². The van der Waals surface area contributed by atoms with E-state index in [-0.39, 0.29) is 17.5 Å². The molecule has 112 valence electrons. The highest BCUT2D eigenvalue weighted by Gasteiger charge is 2.23. The van der Waals surface area contributed by atoms with Gasteiger partial charge in [-0.3, -0.25) is 14.9 Å². The van der Waals surface area contributed by atoms with E-state index >= 15 is 0 Å². The number of thiophene rings is 1. The van der Waals surface area contributed by atoms with Gasteiger partial charge in [-0.1, -0.05) is 12.1 Å². The van der Waals surface area contributed by atoms with Gasteiger partial charge in [-0.05, 0) is 6.92 Å². The zero-order valence-electron chi connectivity index (χ0n) is 11.7. The molecule has 1 N–H and O–H groups in total. The topological polar surface area (TPSA) is 118 Å². The number of nitrogens with zero attached hydrogens (tertiary/aromatic N) is 5. The zero-order chi connectivity index (χ0) is 15.6. The van der Waals surface area contributed by atoms with Gasteiger partial charge in [0, 0.05) is 25.6 Å². The van der Waals surface area contributed by atoms with E-state index in [1.807, 2.05) is 6.92 Å². The number of aromatic nitrogens is 4. The molecule has 0 bridgehead atoms. The molecule has 0 saturated heterocycles. The third-order valence-electron chi connectivity index (χ3n) is 3.00. The highest BCUT2D eigenvalue weighted by atomic mass is 32.1. The molecule has 2 rings (SSSR count). The molecule has 0 aromatic carbocycles. The zero-order valence-corrected chi connectivity index (χ0v) is 12.5. The van der Waals surface area contributed by atoms with E-state index in [0.717, 1.165) is 11.3 Å². The van der Waals surface area contributed by atoms with Crippen molar-refractivity contribution >= 4 is 22.9 Å². The van der Waals surface area contributed by atoms with Crippen LogP contribution in [0.25, 0.3) is 0 Å². The van der Waals surface area contributed by atoms with Crippen LogP contribution in [0.15, 0.2) is 6.07 Å². The van der Waals surface area contributed by atoms with Crippen molar-refractivity contribution < 1.29 is 9.72 Å². The van der Waals surface area contributed by atoms with Gasteiger partial charge in [-0.25, -0.2) is 0 Å². The molecule has 0 radical (unpaired) electrons. The Kier molecular flexibility index (Phi) is 4.26. The quantitative estimate of drug-likeness (QED) is 0.658. The van der Waals surface area contributed by atoms with Crippen LogP contribution in [0, 0.1) is 17.0 Å². The van der Waals surface area contributed by atoms with Crippen molar-refractivity contribution in [2.45, 2.75) is 19.8 Å². The maximum Gasteiger partial charge on any atom is 0.283 e. The summed E-state index contributed by atoms with van der Waals surface area (Å²) in [5.74, 6) is 0.170. The van der Waals surface area contributed by atoms with E-state index in [1.165, 1.54) is 11.0 Å². The fraction of sp³-hybridized carbons (Fsp3) is 0.455. The number of tetrazole rings is 1. The Morgan fingerprint density at radius 3 is 2.86 bits per heavy atom. The third-order valence-corrected chi connectivity index (χ3v) is 4.02. The number of aryl methyl sites for hydroxylation is 1. The third kappa shape index (κ3) is 3.21. The first-order chi connectivity index (χ1) is 9.90. The van der Waals surface area contributed by atoms with Gasteiger partial charge in [0.25, 0.3) is 11.6 Å². The smallest absolute Gasteiger partial charge is 0.283 e. The van der Waals surface area contributed by atoms with E-state index in [9.17, 15) is 14.9 Å². The number of likely N-dealkylation sites (N-methyl/N-ethyl adjacent to an activating group) is 1. The number of aromatic amines is 1. The Hall–Kier alpha value is -2.36. The molecule has 1 amide bonds. The Morgan fingerprint density at radius 1 is 1.62 bits per heavy atom. The first-order valence-corrected chi connectivity index (χ1v) is 6.95. The van der Waals surface area contributed by atoms with E-state index < -0.39 is 4.92 Å². The number of rotatable bonds is 5. The van der Waals surface area contributed by atoms with Crippen molar-refractivity contribution in [3.63, 3.8) is 0 Å². The summed E-state index contributed by atoms with van der Waals surface area (Å²) in [7, 11) is 1.64. The van der Waals surface area contributed by atoms with Crippen LogP contribution in [0.3, 0.4) is 0 Å². The van der Waals surface area contributed by atoms with E-state index in [4.69, 9.17) is 0 Å². The second-order valence-corrected chi connectivity index (χ2v) is 5.92. The molecule has 21 heavy (non-hydrogen) atoms. The monoisotopic (exact) mass is 310 g/mol. The normalized spacial score (nSPS) is 12.1. The molecule has 9 nitrogen and oxygen atoms in total. The van der Waals surface area contributed by atoms with Crippen molar-refractivity contribution in [2.24, 2.45) is 0 Å². The van der Waals surface area contributed by atoms with Crippen molar-refractivity contribution in [3.8, 4) is 0 Å². The highest BCUT2D eigenvalue weighted by molar-refractivity contribution is 7.14. The first kappa shape index (κ1) is 15.0. The van der Waals surface area contributed by atoms with Gasteiger partial charge in [0.15, 0.2) is 5.82 Å². The van der Waals surface area contributed by atoms with Crippen molar-refractivity contribution in [1.82, 2.24) is 25.5 Å². The predicted octanol–water partition coefficient (Wildman–Crippen LogP) is 1.35. The van der Waals surface area contributed by atoms with Crippen LogP contribution >= 0.6 is 11.3 Å². The van der Waals surface area contributed by atoms with Gasteiger partial charge >= 0.3 is 0 Å². The summed E-state index contributed by atoms with van der Waals surface area (Å²) in [5.41, 5.74) is -0.0250. The minimum Gasteiger partial charge on any atom is -0.340 e. The van der Waals surface area contributed by atoms with Crippen molar-refractivity contribution in [1.29, 1.82) is 0 Å². The first-order valence-electron chi connectivity index (χ1n) is 6.13. The number of H-pyrrole nitrogens is 1. The summed E-state index contributed by atoms with van der Waals surface area (Å²) < 4.78 is 0. The van der Waals surface area contributed by atoms with Crippen LogP contribution in [0.1, 0.15) is 33.2 Å². The summed E-state index contributed by atoms with van der Waals surface area (Å²) in [6.45, 7) is 3.89. The Morgan fingerprint density at radius 2 is 2.33 bits per heavy atom. The summed E-state index contributed by atoms with van der Waals surface area (Å²) >= 11 is 1.12. The van der Waals surface area contributed by atoms with Crippen LogP contribution in [-0.2, 0) is 0 Å². The molecular weight excluding hydrogens is 296 g/mol. The highest BCUT2D eigenvalue weighted by Crippen LogP contribution is 2.29. The molecule has 1 unspecified atom stereocenters. The van der Waals surface area contributed by atoms with E-state index in [2.05, 4.69) is 20.6 Å². The van der Waals surface area contributed by atoms with Crippen LogP contribution in [0.4, 0.5) is 5.69 Å². The summed E-state index contributed by atoms with van der Waals surface area (Å²) in [6, 6.07) is 1.32. The number of carbonyl (C=O) groups excluding carboxylic acids is 1. The molecular formula is C11H14N6O3S. The number of hydrogen-bond donors (Lipinski definition) is 1. The molecule has 0 saturated carbocycles. The molecule has 1 atom stereocenters. The van der Waals surface area contributed by atoms with Gasteiger partial charge in [-0.15, -0.1) is 21.5 Å². The average molecular weight is 310 g/mol. The lowest BCUT2D eigenvalue weighted by atomic mass is 10.1. The average Bonchev–Trinajstić information content (AvgIpc) is 3.06. The largest absolute Gasteiger partial charge is 0.340 e. The molecule has 0 spiro atoms. The summed E-state index contributed by atoms with van der Waals surface area (Å²) in [4.78, 5) is 25.0. The van der Waals surface area contributed by atoms with Crippen LogP contribution in [-0.4, -0.2) is 49.9 Å². The second-order valence-electron chi connectivity index (χ2n) is 4.67. The lowest BCUT2D eigenvalue weighted by molar-refractivity contribution is -0.385. The van der Waals surface area contributed by atoms with Gasteiger partial charge < -0.3 is 4.90 Å². The molecule has 0 aliphatic rings. The number of hydrogen-bond acceptors (Lipinski definition) is 7. The molecule has 2 heterocycles.